The normalized spacial score (nSPS) is 31.6. The maximum Gasteiger partial charge on any atom is 0.229 e. The fourth-order valence-corrected chi connectivity index (χ4v) is 5.81. The van der Waals surface area contributed by atoms with Crippen molar-refractivity contribution in [3.05, 3.63) is 0 Å². The number of anilines is 3. The number of nitrogens with zero attached hydrogens (tertiary/aromatic N) is 3. The molecule has 3 N–H and O–H groups in total. The summed E-state index contributed by atoms with van der Waals surface area (Å²) in [5.74, 6) is 5.46. The van der Waals surface area contributed by atoms with Crippen LogP contribution < -0.4 is 16.0 Å². The summed E-state index contributed by atoms with van der Waals surface area (Å²) in [6.45, 7) is 9.59. The lowest BCUT2D eigenvalue weighted by atomic mass is 9.53. The summed E-state index contributed by atoms with van der Waals surface area (Å²) in [5.41, 5.74) is 0.209. The summed E-state index contributed by atoms with van der Waals surface area (Å²) >= 11 is 0. The van der Waals surface area contributed by atoms with E-state index in [1.807, 2.05) is 0 Å². The van der Waals surface area contributed by atoms with Crippen LogP contribution in [0.1, 0.15) is 72.6 Å². The van der Waals surface area contributed by atoms with Crippen molar-refractivity contribution in [3.8, 4) is 0 Å². The van der Waals surface area contributed by atoms with E-state index in [2.05, 4.69) is 48.6 Å². The molecule has 27 heavy (non-hydrogen) atoms. The Morgan fingerprint density at radius 1 is 0.852 bits per heavy atom. The summed E-state index contributed by atoms with van der Waals surface area (Å²) in [5, 5.41) is 10.5. The van der Waals surface area contributed by atoms with E-state index in [9.17, 15) is 0 Å². The second-order valence-electron chi connectivity index (χ2n) is 10.0. The monoisotopic (exact) mass is 372 g/mol. The molecule has 4 saturated carbocycles. The number of nitrogens with one attached hydrogen (secondary N) is 3. The topological polar surface area (TPSA) is 74.8 Å². The van der Waals surface area contributed by atoms with Gasteiger partial charge in [0, 0.05) is 18.1 Å². The zero-order valence-electron chi connectivity index (χ0n) is 17.4. The van der Waals surface area contributed by atoms with Crippen LogP contribution in [0.2, 0.25) is 0 Å². The number of rotatable bonds is 8. The summed E-state index contributed by atoms with van der Waals surface area (Å²) < 4.78 is 0. The Kier molecular flexibility index (Phi) is 5.17. The first-order chi connectivity index (χ1) is 12.9. The van der Waals surface area contributed by atoms with Gasteiger partial charge in [0.2, 0.25) is 17.8 Å². The second kappa shape index (κ2) is 7.44. The third kappa shape index (κ3) is 4.46. The van der Waals surface area contributed by atoms with Gasteiger partial charge < -0.3 is 16.0 Å². The van der Waals surface area contributed by atoms with E-state index in [-0.39, 0.29) is 5.54 Å². The van der Waals surface area contributed by atoms with Crippen molar-refractivity contribution in [2.24, 2.45) is 23.7 Å². The molecule has 4 aliphatic carbocycles. The zero-order valence-corrected chi connectivity index (χ0v) is 17.4. The van der Waals surface area contributed by atoms with E-state index < -0.39 is 0 Å². The van der Waals surface area contributed by atoms with Crippen molar-refractivity contribution >= 4 is 17.8 Å². The van der Waals surface area contributed by atoms with E-state index >= 15 is 0 Å². The van der Waals surface area contributed by atoms with Gasteiger partial charge in [0.05, 0.1) is 0 Å². The first-order valence-electron chi connectivity index (χ1n) is 10.9. The molecule has 0 unspecified atom stereocenters. The Labute approximate surface area is 163 Å². The fraction of sp³-hybridized carbons (Fsp3) is 0.857. The summed E-state index contributed by atoms with van der Waals surface area (Å²) in [4.78, 5) is 14.0. The van der Waals surface area contributed by atoms with E-state index in [1.165, 1.54) is 38.5 Å². The molecule has 5 rings (SSSR count). The van der Waals surface area contributed by atoms with E-state index in [0.717, 1.165) is 36.7 Å². The lowest BCUT2D eigenvalue weighted by Gasteiger charge is -2.56. The highest BCUT2D eigenvalue weighted by atomic mass is 15.3. The van der Waals surface area contributed by atoms with Crippen LogP contribution in [0.25, 0.3) is 0 Å². The molecule has 0 amide bonds. The van der Waals surface area contributed by atoms with Crippen molar-refractivity contribution in [3.63, 3.8) is 0 Å². The van der Waals surface area contributed by atoms with Crippen molar-refractivity contribution in [2.75, 3.05) is 22.5 Å². The van der Waals surface area contributed by atoms with Gasteiger partial charge in [-0.15, -0.1) is 0 Å². The zero-order chi connectivity index (χ0) is 19.0. The molecule has 4 bridgehead atoms. The molecule has 0 spiro atoms. The SMILES string of the molecule is CC(C)CCNc1nc(NC(C)C)nc(NC23CC4CC(CC(C4)C2)C3)n1. The number of aromatic nitrogens is 3. The summed E-state index contributed by atoms with van der Waals surface area (Å²) in [6.07, 6.45) is 9.30. The van der Waals surface area contributed by atoms with E-state index in [1.54, 1.807) is 0 Å². The lowest BCUT2D eigenvalue weighted by Crippen LogP contribution is -2.55. The van der Waals surface area contributed by atoms with Gasteiger partial charge in [-0.25, -0.2) is 0 Å². The highest BCUT2D eigenvalue weighted by Crippen LogP contribution is 2.56. The fourth-order valence-electron chi connectivity index (χ4n) is 5.81. The molecule has 150 valence electrons. The van der Waals surface area contributed by atoms with Crippen LogP contribution in [0, 0.1) is 23.7 Å². The molecule has 0 aromatic carbocycles. The predicted molar refractivity (Wildman–Crippen MR) is 111 cm³/mol. The molecule has 0 radical (unpaired) electrons. The summed E-state index contributed by atoms with van der Waals surface area (Å²) in [6, 6.07) is 0.295. The van der Waals surface area contributed by atoms with Crippen molar-refractivity contribution in [1.29, 1.82) is 0 Å². The van der Waals surface area contributed by atoms with Gasteiger partial charge in [-0.05, 0) is 82.5 Å². The molecule has 1 aromatic heterocycles. The highest BCUT2D eigenvalue weighted by Gasteiger charge is 2.51. The van der Waals surface area contributed by atoms with Gasteiger partial charge in [-0.3, -0.25) is 0 Å². The highest BCUT2D eigenvalue weighted by molar-refractivity contribution is 5.44. The molecule has 1 aromatic rings. The second-order valence-corrected chi connectivity index (χ2v) is 10.0. The average Bonchev–Trinajstić information content (AvgIpc) is 2.51. The molecule has 0 saturated heterocycles. The third-order valence-electron chi connectivity index (χ3n) is 6.47. The molecule has 0 atom stereocenters. The van der Waals surface area contributed by atoms with Crippen molar-refractivity contribution < 1.29 is 0 Å². The molecular formula is C21H36N6. The van der Waals surface area contributed by atoms with Crippen LogP contribution in [0.3, 0.4) is 0 Å². The maximum absolute atomic E-state index is 4.73. The van der Waals surface area contributed by atoms with Gasteiger partial charge in [-0.1, -0.05) is 13.8 Å². The first-order valence-corrected chi connectivity index (χ1v) is 10.9. The minimum atomic E-state index is 0.209. The van der Waals surface area contributed by atoms with Crippen LogP contribution in [0.5, 0.6) is 0 Å². The van der Waals surface area contributed by atoms with Gasteiger partial charge >= 0.3 is 0 Å². The van der Waals surface area contributed by atoms with E-state index in [4.69, 9.17) is 9.97 Å². The van der Waals surface area contributed by atoms with Crippen LogP contribution in [0.15, 0.2) is 0 Å². The molecule has 0 aliphatic heterocycles. The van der Waals surface area contributed by atoms with Gasteiger partial charge in [-0.2, -0.15) is 15.0 Å². The molecule has 4 fully saturated rings. The molecule has 1 heterocycles. The Balaban J connectivity index is 1.52. The average molecular weight is 373 g/mol. The lowest BCUT2D eigenvalue weighted by molar-refractivity contribution is 0.0103. The minimum Gasteiger partial charge on any atom is -0.354 e. The Morgan fingerprint density at radius 2 is 1.41 bits per heavy atom. The quantitative estimate of drug-likeness (QED) is 0.622. The molecule has 6 nitrogen and oxygen atoms in total. The first kappa shape index (κ1) is 18.8. The minimum absolute atomic E-state index is 0.209. The van der Waals surface area contributed by atoms with Crippen LogP contribution in [-0.2, 0) is 0 Å². The van der Waals surface area contributed by atoms with Gasteiger partial charge in [0.1, 0.15) is 0 Å². The predicted octanol–water partition coefficient (Wildman–Crippen LogP) is 4.53. The molecule has 4 aliphatic rings. The molecule has 6 heteroatoms. The standard InChI is InChI=1S/C21H36N6/c1-13(2)5-6-22-18-24-19(23-14(3)4)26-20(25-18)27-21-10-15-7-16(11-21)9-17(8-15)12-21/h13-17H,5-12H2,1-4H3,(H3,22,23,24,25,26,27). The Bertz CT molecular complexity index is 621. The van der Waals surface area contributed by atoms with Crippen LogP contribution >= 0.6 is 0 Å². The number of hydrogen-bond acceptors (Lipinski definition) is 6. The number of hydrogen-bond donors (Lipinski definition) is 3. The summed E-state index contributed by atoms with van der Waals surface area (Å²) in [7, 11) is 0. The molecular weight excluding hydrogens is 336 g/mol. The Hall–Kier alpha value is -1.59. The Morgan fingerprint density at radius 3 is 1.96 bits per heavy atom. The van der Waals surface area contributed by atoms with Gasteiger partial charge in [0.25, 0.3) is 0 Å². The van der Waals surface area contributed by atoms with Crippen molar-refractivity contribution in [1.82, 2.24) is 15.0 Å². The third-order valence-corrected chi connectivity index (χ3v) is 6.47. The van der Waals surface area contributed by atoms with Crippen LogP contribution in [0.4, 0.5) is 17.8 Å². The van der Waals surface area contributed by atoms with Crippen LogP contribution in [-0.4, -0.2) is 33.1 Å². The van der Waals surface area contributed by atoms with Gasteiger partial charge in [0.15, 0.2) is 0 Å². The maximum atomic E-state index is 4.73. The van der Waals surface area contributed by atoms with E-state index in [0.29, 0.717) is 23.9 Å². The smallest absolute Gasteiger partial charge is 0.229 e. The van der Waals surface area contributed by atoms with Crippen molar-refractivity contribution in [2.45, 2.75) is 84.2 Å². The largest absolute Gasteiger partial charge is 0.354 e.